The van der Waals surface area contributed by atoms with E-state index in [-0.39, 0.29) is 59.5 Å². The number of likely N-dealkylation sites (tertiary alicyclic amines) is 1. The number of allylic oxidation sites excluding steroid dienone is 2. The number of aromatic nitrogens is 3. The molecule has 2 N–H and O–H groups in total. The minimum Gasteiger partial charge on any atom is -0.357 e. The molecule has 33 heavy (non-hydrogen) atoms. The van der Waals surface area contributed by atoms with Gasteiger partial charge < -0.3 is 15.2 Å². The number of fused-ring (bicyclic) bond motifs is 6. The van der Waals surface area contributed by atoms with Gasteiger partial charge >= 0.3 is 0 Å². The van der Waals surface area contributed by atoms with Gasteiger partial charge in [-0.3, -0.25) is 14.5 Å². The summed E-state index contributed by atoms with van der Waals surface area (Å²) in [4.78, 5) is 31.8. The average Bonchev–Trinajstić information content (AvgIpc) is 3.52. The van der Waals surface area contributed by atoms with Crippen LogP contribution in [0.25, 0.3) is 0 Å². The molecule has 2 aliphatic carbocycles. The van der Waals surface area contributed by atoms with E-state index in [2.05, 4.69) is 42.5 Å². The number of nitrogens with zero attached hydrogens (tertiary/aromatic N) is 5. The molecular weight excluding hydrogens is 533 g/mol. The molecule has 0 aromatic carbocycles. The van der Waals surface area contributed by atoms with Crippen LogP contribution in [0.1, 0.15) is 50.7 Å². The minimum atomic E-state index is -0.109. The summed E-state index contributed by atoms with van der Waals surface area (Å²) < 4.78 is 2.21. The molecule has 1 saturated heterocycles. The van der Waals surface area contributed by atoms with Crippen molar-refractivity contribution in [3.63, 3.8) is 0 Å². The molecular formula is C23H34IN7O2. The quantitative estimate of drug-likeness (QED) is 0.130. The Hall–Kier alpha value is -1.98. The largest absolute Gasteiger partial charge is 0.357 e. The van der Waals surface area contributed by atoms with Crippen molar-refractivity contribution in [3.05, 3.63) is 23.8 Å². The summed E-state index contributed by atoms with van der Waals surface area (Å²) >= 11 is 0. The summed E-state index contributed by atoms with van der Waals surface area (Å²) in [5.41, 5.74) is 0. The molecule has 4 aliphatic rings. The average molecular weight is 567 g/mol. The molecule has 0 spiro atoms. The van der Waals surface area contributed by atoms with Crippen molar-refractivity contribution in [1.29, 1.82) is 0 Å². The fourth-order valence-electron chi connectivity index (χ4n) is 5.78. The third-order valence-electron chi connectivity index (χ3n) is 7.32. The van der Waals surface area contributed by atoms with Crippen LogP contribution in [0.4, 0.5) is 0 Å². The summed E-state index contributed by atoms with van der Waals surface area (Å²) in [7, 11) is 0. The zero-order chi connectivity index (χ0) is 22.1. The van der Waals surface area contributed by atoms with Crippen LogP contribution in [-0.4, -0.2) is 57.1 Å². The Bertz CT molecular complexity index is 913. The number of amides is 2. The number of rotatable bonds is 7. The molecule has 4 unspecified atom stereocenters. The third kappa shape index (κ3) is 4.67. The summed E-state index contributed by atoms with van der Waals surface area (Å²) in [6.07, 6.45) is 10.5. The maximum atomic E-state index is 12.8. The number of nitrogens with one attached hydrogen (secondary N) is 2. The molecule has 5 rings (SSSR count). The molecule has 1 aromatic rings. The van der Waals surface area contributed by atoms with Crippen molar-refractivity contribution in [3.8, 4) is 0 Å². The topological polar surface area (TPSA) is 105 Å². The van der Waals surface area contributed by atoms with Crippen molar-refractivity contribution in [2.45, 2.75) is 58.5 Å². The molecule has 9 nitrogen and oxygen atoms in total. The van der Waals surface area contributed by atoms with E-state index in [0.717, 1.165) is 50.0 Å². The normalized spacial score (nSPS) is 27.9. The molecule has 180 valence electrons. The highest BCUT2D eigenvalue weighted by atomic mass is 127. The zero-order valence-corrected chi connectivity index (χ0v) is 21.5. The highest BCUT2D eigenvalue weighted by molar-refractivity contribution is 14.0. The molecule has 2 fully saturated rings. The molecule has 3 heterocycles. The van der Waals surface area contributed by atoms with Crippen molar-refractivity contribution in [2.24, 2.45) is 28.7 Å². The smallest absolute Gasteiger partial charge is 0.233 e. The lowest BCUT2D eigenvalue weighted by Crippen LogP contribution is -2.40. The van der Waals surface area contributed by atoms with Gasteiger partial charge in [-0.1, -0.05) is 18.6 Å². The predicted molar refractivity (Wildman–Crippen MR) is 135 cm³/mol. The van der Waals surface area contributed by atoms with Crippen LogP contribution >= 0.6 is 24.0 Å². The lowest BCUT2D eigenvalue weighted by Gasteiger charge is -2.18. The summed E-state index contributed by atoms with van der Waals surface area (Å²) in [5, 5.41) is 15.3. The number of imide groups is 1. The van der Waals surface area contributed by atoms with E-state index in [1.807, 2.05) is 6.92 Å². The van der Waals surface area contributed by atoms with Gasteiger partial charge in [0.05, 0.1) is 11.8 Å². The molecule has 2 amide bonds. The Morgan fingerprint density at radius 3 is 2.58 bits per heavy atom. The van der Waals surface area contributed by atoms with E-state index < -0.39 is 0 Å². The van der Waals surface area contributed by atoms with Crippen LogP contribution in [0.3, 0.4) is 0 Å². The van der Waals surface area contributed by atoms with Crippen LogP contribution in [0, 0.1) is 23.7 Å². The first-order valence-corrected chi connectivity index (χ1v) is 12.1. The molecule has 1 saturated carbocycles. The first-order chi connectivity index (χ1) is 15.7. The molecule has 10 heteroatoms. The Kier molecular flexibility index (Phi) is 7.70. The fourth-order valence-corrected chi connectivity index (χ4v) is 5.78. The standard InChI is InChI=1S/C23H33N7O2.HI/c1-2-24-23(26-14-18-28-27-17-7-4-3-5-11-29(17)18)25-10-6-12-30-21(31)19-15-8-9-16(13-15)20(19)22(30)32;/h8-9,15-16,19-20H,2-7,10-14H2,1H3,(H2,24,25,26);1H. The summed E-state index contributed by atoms with van der Waals surface area (Å²) in [6, 6.07) is 0. The second-order valence-electron chi connectivity index (χ2n) is 9.30. The maximum Gasteiger partial charge on any atom is 0.233 e. The zero-order valence-electron chi connectivity index (χ0n) is 19.2. The molecule has 4 atom stereocenters. The van der Waals surface area contributed by atoms with E-state index in [1.165, 1.54) is 17.7 Å². The van der Waals surface area contributed by atoms with Crippen molar-refractivity contribution in [1.82, 2.24) is 30.3 Å². The Morgan fingerprint density at radius 2 is 1.85 bits per heavy atom. The molecule has 2 aliphatic heterocycles. The van der Waals surface area contributed by atoms with Crippen LogP contribution in [0.2, 0.25) is 0 Å². The number of aliphatic imine (C=N–C) groups is 1. The van der Waals surface area contributed by atoms with Crippen LogP contribution in [0.5, 0.6) is 0 Å². The number of guanidine groups is 1. The van der Waals surface area contributed by atoms with E-state index in [4.69, 9.17) is 0 Å². The van der Waals surface area contributed by atoms with E-state index >= 15 is 0 Å². The van der Waals surface area contributed by atoms with Crippen LogP contribution in [0.15, 0.2) is 17.1 Å². The monoisotopic (exact) mass is 567 g/mol. The van der Waals surface area contributed by atoms with Crippen LogP contribution < -0.4 is 10.6 Å². The van der Waals surface area contributed by atoms with Gasteiger partial charge in [0.2, 0.25) is 11.8 Å². The SMILES string of the molecule is CCNC(=NCc1nnc2n1CCCCC2)NCCCN1C(=O)C2C3C=CC(C3)C2C1=O.I. The van der Waals surface area contributed by atoms with Gasteiger partial charge in [-0.15, -0.1) is 34.2 Å². The highest BCUT2D eigenvalue weighted by Gasteiger charge is 2.58. The van der Waals surface area contributed by atoms with Gasteiger partial charge in [-0.25, -0.2) is 4.99 Å². The summed E-state index contributed by atoms with van der Waals surface area (Å²) in [5.74, 6) is 3.08. The van der Waals surface area contributed by atoms with Crippen molar-refractivity contribution >= 4 is 41.8 Å². The Morgan fingerprint density at radius 1 is 1.09 bits per heavy atom. The van der Waals surface area contributed by atoms with E-state index in [1.54, 1.807) is 0 Å². The van der Waals surface area contributed by atoms with Gasteiger partial charge in [0.15, 0.2) is 11.8 Å². The fraction of sp³-hybridized carbons (Fsp3) is 0.696. The number of halogens is 1. The Balaban J connectivity index is 0.00000259. The first-order valence-electron chi connectivity index (χ1n) is 12.1. The number of carbonyl (C=O) groups excluding carboxylic acids is 2. The minimum absolute atomic E-state index is 0. The number of aryl methyl sites for hydroxylation is 1. The van der Waals surface area contributed by atoms with Gasteiger partial charge in [0.25, 0.3) is 0 Å². The van der Waals surface area contributed by atoms with Gasteiger partial charge in [0, 0.05) is 32.6 Å². The van der Waals surface area contributed by atoms with Crippen LogP contribution in [-0.2, 0) is 29.1 Å². The van der Waals surface area contributed by atoms with E-state index in [0.29, 0.717) is 26.1 Å². The number of hydrogen-bond acceptors (Lipinski definition) is 5. The van der Waals surface area contributed by atoms with Crippen molar-refractivity contribution < 1.29 is 9.59 Å². The summed E-state index contributed by atoms with van der Waals surface area (Å²) in [6.45, 7) is 5.34. The predicted octanol–water partition coefficient (Wildman–Crippen LogP) is 1.87. The van der Waals surface area contributed by atoms with Crippen molar-refractivity contribution in [2.75, 3.05) is 19.6 Å². The molecule has 2 bridgehead atoms. The van der Waals surface area contributed by atoms with Gasteiger partial charge in [-0.2, -0.15) is 0 Å². The van der Waals surface area contributed by atoms with E-state index in [9.17, 15) is 9.59 Å². The number of carbonyl (C=O) groups is 2. The Labute approximate surface area is 211 Å². The lowest BCUT2D eigenvalue weighted by atomic mass is 9.85. The highest BCUT2D eigenvalue weighted by Crippen LogP contribution is 2.52. The maximum absolute atomic E-state index is 12.8. The molecule has 1 aromatic heterocycles. The first kappa shape index (κ1) is 24.2. The molecule has 0 radical (unpaired) electrons. The van der Waals surface area contributed by atoms with Gasteiger partial charge in [0.1, 0.15) is 12.4 Å². The second-order valence-corrected chi connectivity index (χ2v) is 9.30. The number of hydrogen-bond donors (Lipinski definition) is 2. The third-order valence-corrected chi connectivity index (χ3v) is 7.32. The lowest BCUT2D eigenvalue weighted by molar-refractivity contribution is -0.140. The van der Waals surface area contributed by atoms with Gasteiger partial charge in [-0.05, 0) is 44.4 Å². The second kappa shape index (κ2) is 10.5.